The van der Waals surface area contributed by atoms with E-state index < -0.39 is 12.1 Å². The number of hydrogen-bond donors (Lipinski definition) is 3. The zero-order valence-corrected chi connectivity index (χ0v) is 9.07. The van der Waals surface area contributed by atoms with E-state index in [2.05, 4.69) is 10.6 Å². The van der Waals surface area contributed by atoms with Gasteiger partial charge < -0.3 is 16.4 Å². The van der Waals surface area contributed by atoms with Gasteiger partial charge in [-0.15, -0.1) is 0 Å². The van der Waals surface area contributed by atoms with Gasteiger partial charge >= 0.3 is 0 Å². The van der Waals surface area contributed by atoms with Crippen molar-refractivity contribution >= 4 is 11.8 Å². The number of amides is 2. The van der Waals surface area contributed by atoms with Crippen molar-refractivity contribution in [3.63, 3.8) is 0 Å². The quantitative estimate of drug-likeness (QED) is 0.611. The first-order chi connectivity index (χ1) is 7.59. The van der Waals surface area contributed by atoms with Crippen molar-refractivity contribution in [3.05, 3.63) is 35.9 Å². The summed E-state index contributed by atoms with van der Waals surface area (Å²) in [6, 6.07) is 9.45. The maximum Gasteiger partial charge on any atom is 0.257 e. The van der Waals surface area contributed by atoms with Crippen LogP contribution in [-0.4, -0.2) is 18.0 Å². The first kappa shape index (κ1) is 12.2. The Balaban J connectivity index is 2.38. The van der Waals surface area contributed by atoms with Crippen LogP contribution in [0.4, 0.5) is 0 Å². The highest BCUT2D eigenvalue weighted by Crippen LogP contribution is 1.96. The number of rotatable bonds is 4. The highest BCUT2D eigenvalue weighted by atomic mass is 16.2. The summed E-state index contributed by atoms with van der Waals surface area (Å²) >= 11 is 0. The second-order valence-electron chi connectivity index (χ2n) is 3.38. The van der Waals surface area contributed by atoms with Gasteiger partial charge in [0.2, 0.25) is 5.91 Å². The summed E-state index contributed by atoms with van der Waals surface area (Å²) in [5, 5.41) is 4.93. The molecule has 0 spiro atoms. The molecule has 5 heteroatoms. The van der Waals surface area contributed by atoms with Crippen molar-refractivity contribution in [3.8, 4) is 0 Å². The van der Waals surface area contributed by atoms with Crippen LogP contribution >= 0.6 is 0 Å². The van der Waals surface area contributed by atoms with Gasteiger partial charge in [-0.1, -0.05) is 30.3 Å². The maximum atomic E-state index is 11.4. The minimum absolute atomic E-state index is 0.331. The smallest absolute Gasteiger partial charge is 0.257 e. The van der Waals surface area contributed by atoms with Gasteiger partial charge in [-0.2, -0.15) is 0 Å². The lowest BCUT2D eigenvalue weighted by Gasteiger charge is -2.12. The zero-order chi connectivity index (χ0) is 12.0. The van der Waals surface area contributed by atoms with E-state index in [1.54, 1.807) is 0 Å². The normalized spacial score (nSPS) is 11.6. The van der Waals surface area contributed by atoms with Crippen LogP contribution in [0, 0.1) is 0 Å². The van der Waals surface area contributed by atoms with Crippen molar-refractivity contribution in [1.29, 1.82) is 0 Å². The summed E-state index contributed by atoms with van der Waals surface area (Å²) in [4.78, 5) is 22.1. The maximum absolute atomic E-state index is 11.4. The van der Waals surface area contributed by atoms with E-state index in [0.717, 1.165) is 5.56 Å². The highest BCUT2D eigenvalue weighted by Gasteiger charge is 2.12. The number of benzene rings is 1. The fraction of sp³-hybridized carbons (Fsp3) is 0.273. The molecule has 0 heterocycles. The Bertz CT molecular complexity index is 365. The summed E-state index contributed by atoms with van der Waals surface area (Å²) in [6.07, 6.45) is -0.999. The highest BCUT2D eigenvalue weighted by molar-refractivity contribution is 5.86. The Morgan fingerprint density at radius 1 is 1.31 bits per heavy atom. The van der Waals surface area contributed by atoms with E-state index in [9.17, 15) is 9.59 Å². The topological polar surface area (TPSA) is 84.2 Å². The van der Waals surface area contributed by atoms with Crippen LogP contribution in [-0.2, 0) is 16.1 Å². The Kier molecular flexibility index (Phi) is 4.47. The number of carbonyl (C=O) groups is 2. The van der Waals surface area contributed by atoms with Crippen molar-refractivity contribution in [1.82, 2.24) is 10.6 Å². The van der Waals surface area contributed by atoms with Gasteiger partial charge in [-0.05, 0) is 5.56 Å². The minimum atomic E-state index is -0.999. The molecule has 0 unspecified atom stereocenters. The molecule has 2 amide bonds. The average Bonchev–Trinajstić information content (AvgIpc) is 2.26. The molecule has 0 saturated carbocycles. The third-order valence-corrected chi connectivity index (χ3v) is 1.95. The summed E-state index contributed by atoms with van der Waals surface area (Å²) in [5.74, 6) is -0.735. The number of nitrogens with two attached hydrogens (primary N) is 1. The standard InChI is InChI=1S/C11H15N3O2/c1-8(15)14-10(12)11(16)13-7-9-5-3-2-4-6-9/h2-6,10H,7,12H2,1H3,(H,13,16)(H,14,15)/t10-/m0/s1. The Hall–Kier alpha value is -1.88. The van der Waals surface area contributed by atoms with Gasteiger partial charge in [0.05, 0.1) is 0 Å². The van der Waals surface area contributed by atoms with Gasteiger partial charge in [0.15, 0.2) is 6.17 Å². The minimum Gasteiger partial charge on any atom is -0.349 e. The lowest BCUT2D eigenvalue weighted by atomic mass is 10.2. The van der Waals surface area contributed by atoms with Crippen molar-refractivity contribution in [2.45, 2.75) is 19.6 Å². The van der Waals surface area contributed by atoms with E-state index in [-0.39, 0.29) is 5.91 Å². The van der Waals surface area contributed by atoms with Gasteiger partial charge in [0, 0.05) is 13.5 Å². The number of hydrogen-bond acceptors (Lipinski definition) is 3. The predicted octanol–water partition coefficient (Wildman–Crippen LogP) is -0.276. The lowest BCUT2D eigenvalue weighted by Crippen LogP contribution is -2.51. The van der Waals surface area contributed by atoms with Gasteiger partial charge in [-0.3, -0.25) is 9.59 Å². The van der Waals surface area contributed by atoms with Crippen molar-refractivity contribution in [2.75, 3.05) is 0 Å². The van der Waals surface area contributed by atoms with E-state index in [1.165, 1.54) is 6.92 Å². The fourth-order valence-corrected chi connectivity index (χ4v) is 1.18. The van der Waals surface area contributed by atoms with Gasteiger partial charge in [0.25, 0.3) is 5.91 Å². The summed E-state index contributed by atoms with van der Waals surface area (Å²) < 4.78 is 0. The van der Waals surface area contributed by atoms with Crippen LogP contribution in [0.5, 0.6) is 0 Å². The van der Waals surface area contributed by atoms with E-state index in [0.29, 0.717) is 6.54 Å². The van der Waals surface area contributed by atoms with Gasteiger partial charge in [-0.25, -0.2) is 0 Å². The molecule has 0 aromatic heterocycles. The monoisotopic (exact) mass is 221 g/mol. The third kappa shape index (κ3) is 4.10. The van der Waals surface area contributed by atoms with Crippen molar-refractivity contribution in [2.24, 2.45) is 5.73 Å². The molecule has 1 rings (SSSR count). The molecule has 0 bridgehead atoms. The zero-order valence-electron chi connectivity index (χ0n) is 9.07. The average molecular weight is 221 g/mol. The predicted molar refractivity (Wildman–Crippen MR) is 60.1 cm³/mol. The molecular weight excluding hydrogens is 206 g/mol. The van der Waals surface area contributed by atoms with E-state index in [4.69, 9.17) is 5.73 Å². The van der Waals surface area contributed by atoms with Crippen LogP contribution in [0.3, 0.4) is 0 Å². The van der Waals surface area contributed by atoms with Crippen LogP contribution in [0.25, 0.3) is 0 Å². The van der Waals surface area contributed by atoms with E-state index >= 15 is 0 Å². The van der Waals surface area contributed by atoms with Crippen LogP contribution < -0.4 is 16.4 Å². The molecule has 1 aromatic carbocycles. The lowest BCUT2D eigenvalue weighted by molar-refractivity contribution is -0.128. The summed E-state index contributed by atoms with van der Waals surface area (Å²) in [7, 11) is 0. The molecular formula is C11H15N3O2. The van der Waals surface area contributed by atoms with Crippen LogP contribution in [0.1, 0.15) is 12.5 Å². The van der Waals surface area contributed by atoms with Gasteiger partial charge in [0.1, 0.15) is 0 Å². The van der Waals surface area contributed by atoms with E-state index in [1.807, 2.05) is 30.3 Å². The molecule has 5 nitrogen and oxygen atoms in total. The second-order valence-corrected chi connectivity index (χ2v) is 3.38. The first-order valence-corrected chi connectivity index (χ1v) is 4.94. The Morgan fingerprint density at radius 3 is 2.50 bits per heavy atom. The molecule has 0 aliphatic carbocycles. The third-order valence-electron chi connectivity index (χ3n) is 1.95. The Morgan fingerprint density at radius 2 is 1.94 bits per heavy atom. The summed E-state index contributed by atoms with van der Waals surface area (Å²) in [5.41, 5.74) is 6.42. The first-order valence-electron chi connectivity index (χ1n) is 4.94. The van der Waals surface area contributed by atoms with Crippen LogP contribution in [0.2, 0.25) is 0 Å². The largest absolute Gasteiger partial charge is 0.349 e. The molecule has 4 N–H and O–H groups in total. The molecule has 86 valence electrons. The molecule has 16 heavy (non-hydrogen) atoms. The van der Waals surface area contributed by atoms with Crippen molar-refractivity contribution < 1.29 is 9.59 Å². The molecule has 1 aromatic rings. The Labute approximate surface area is 94.0 Å². The molecule has 0 aliphatic heterocycles. The second kappa shape index (κ2) is 5.87. The SMILES string of the molecule is CC(=O)N[C@H](N)C(=O)NCc1ccccc1. The molecule has 1 atom stereocenters. The van der Waals surface area contributed by atoms with Crippen LogP contribution in [0.15, 0.2) is 30.3 Å². The summed E-state index contributed by atoms with van der Waals surface area (Å²) in [6.45, 7) is 1.71. The molecule has 0 aliphatic rings. The number of nitrogens with one attached hydrogen (secondary N) is 2. The molecule has 0 fully saturated rings. The molecule has 0 radical (unpaired) electrons. The number of carbonyl (C=O) groups excluding carboxylic acids is 2. The molecule has 0 saturated heterocycles. The fourth-order valence-electron chi connectivity index (χ4n) is 1.18.